The van der Waals surface area contributed by atoms with Crippen molar-refractivity contribution < 1.29 is 14.2 Å². The maximum Gasteiger partial charge on any atom is 0.316 e. The summed E-state index contributed by atoms with van der Waals surface area (Å²) in [5.41, 5.74) is 1.05. The molecule has 1 unspecified atom stereocenters. The van der Waals surface area contributed by atoms with Crippen LogP contribution in [-0.2, 0) is 9.47 Å². The summed E-state index contributed by atoms with van der Waals surface area (Å²) in [5.74, 6) is 1.49. The summed E-state index contributed by atoms with van der Waals surface area (Å²) in [7, 11) is 0. The molecule has 0 radical (unpaired) electrons. The summed E-state index contributed by atoms with van der Waals surface area (Å²) in [6.07, 6.45) is 7.54. The Balaban J connectivity index is 1.18. The van der Waals surface area contributed by atoms with E-state index in [2.05, 4.69) is 14.9 Å². The van der Waals surface area contributed by atoms with E-state index in [1.807, 2.05) is 13.0 Å². The summed E-state index contributed by atoms with van der Waals surface area (Å²) in [6, 6.07) is 2.38. The van der Waals surface area contributed by atoms with Crippen molar-refractivity contribution in [2.24, 2.45) is 11.8 Å². The number of nitrogens with zero attached hydrogens (tertiary/aromatic N) is 3. The Morgan fingerprint density at radius 2 is 2.00 bits per heavy atom. The molecule has 3 saturated heterocycles. The number of aromatic nitrogens is 2. The van der Waals surface area contributed by atoms with Gasteiger partial charge in [0.15, 0.2) is 0 Å². The molecule has 26 heavy (non-hydrogen) atoms. The molecule has 1 aromatic rings. The molecule has 4 rings (SSSR count). The van der Waals surface area contributed by atoms with Crippen molar-refractivity contribution in [3.05, 3.63) is 18.0 Å². The molecule has 3 aliphatic rings. The minimum atomic E-state index is 0.105. The Labute approximate surface area is 156 Å². The van der Waals surface area contributed by atoms with E-state index in [-0.39, 0.29) is 5.60 Å². The molecular formula is C20H31N3O3. The second-order valence-corrected chi connectivity index (χ2v) is 8.23. The Hall–Kier alpha value is -1.24. The van der Waals surface area contributed by atoms with E-state index < -0.39 is 0 Å². The second kappa shape index (κ2) is 8.19. The van der Waals surface area contributed by atoms with Crippen LogP contribution in [0.5, 0.6) is 6.01 Å². The first-order chi connectivity index (χ1) is 12.7. The van der Waals surface area contributed by atoms with Gasteiger partial charge in [-0.1, -0.05) is 0 Å². The first-order valence-corrected chi connectivity index (χ1v) is 10.1. The predicted octanol–water partition coefficient (Wildman–Crippen LogP) is 2.46. The van der Waals surface area contributed by atoms with Crippen molar-refractivity contribution in [3.8, 4) is 6.01 Å². The summed E-state index contributed by atoms with van der Waals surface area (Å²) < 4.78 is 17.4. The van der Waals surface area contributed by atoms with Gasteiger partial charge in [0.25, 0.3) is 0 Å². The quantitative estimate of drug-likeness (QED) is 0.776. The molecular weight excluding hydrogens is 330 g/mol. The van der Waals surface area contributed by atoms with E-state index in [4.69, 9.17) is 14.2 Å². The summed E-state index contributed by atoms with van der Waals surface area (Å²) in [4.78, 5) is 11.1. The molecule has 0 aliphatic carbocycles. The topological polar surface area (TPSA) is 56.7 Å². The monoisotopic (exact) mass is 361 g/mol. The molecule has 6 nitrogen and oxygen atoms in total. The van der Waals surface area contributed by atoms with Crippen LogP contribution in [0.1, 0.15) is 37.8 Å². The summed E-state index contributed by atoms with van der Waals surface area (Å²) >= 11 is 0. The third kappa shape index (κ3) is 4.53. The number of rotatable bonds is 6. The third-order valence-corrected chi connectivity index (χ3v) is 6.01. The highest BCUT2D eigenvalue weighted by molar-refractivity contribution is 5.03. The van der Waals surface area contributed by atoms with Gasteiger partial charge in [-0.15, -0.1) is 0 Å². The fourth-order valence-electron chi connectivity index (χ4n) is 4.60. The molecule has 0 N–H and O–H groups in total. The zero-order chi connectivity index (χ0) is 17.8. The number of ether oxygens (including phenoxy) is 3. The number of hydrogen-bond donors (Lipinski definition) is 0. The highest BCUT2D eigenvalue weighted by atomic mass is 16.5. The minimum Gasteiger partial charge on any atom is -0.463 e. The standard InChI is InChI=1S/C20H31N3O3/c1-16-2-7-21-19(22-16)25-10-5-17-6-11-26-20(12-17)14-23(15-20)13-18-3-8-24-9-4-18/h2,7,17-18H,3-6,8-15H2,1H3. The van der Waals surface area contributed by atoms with Gasteiger partial charge in [0.1, 0.15) is 0 Å². The first kappa shape index (κ1) is 18.1. The van der Waals surface area contributed by atoms with Crippen LogP contribution in [-0.4, -0.2) is 66.5 Å². The van der Waals surface area contributed by atoms with Gasteiger partial charge in [0.2, 0.25) is 0 Å². The maximum absolute atomic E-state index is 6.20. The van der Waals surface area contributed by atoms with Crippen LogP contribution in [0.2, 0.25) is 0 Å². The molecule has 3 aliphatic heterocycles. The van der Waals surface area contributed by atoms with Crippen LogP contribution in [0.4, 0.5) is 0 Å². The fraction of sp³-hybridized carbons (Fsp3) is 0.800. The van der Waals surface area contributed by atoms with Crippen LogP contribution in [0.3, 0.4) is 0 Å². The van der Waals surface area contributed by atoms with E-state index >= 15 is 0 Å². The van der Waals surface area contributed by atoms with Gasteiger partial charge in [-0.2, -0.15) is 0 Å². The third-order valence-electron chi connectivity index (χ3n) is 6.01. The maximum atomic E-state index is 6.20. The second-order valence-electron chi connectivity index (χ2n) is 8.23. The molecule has 1 aromatic heterocycles. The molecule has 0 saturated carbocycles. The Morgan fingerprint density at radius 3 is 2.81 bits per heavy atom. The molecule has 1 atom stereocenters. The number of likely N-dealkylation sites (tertiary alicyclic amines) is 1. The zero-order valence-corrected chi connectivity index (χ0v) is 15.9. The lowest BCUT2D eigenvalue weighted by molar-refractivity contribution is -0.183. The van der Waals surface area contributed by atoms with Crippen LogP contribution in [0.15, 0.2) is 12.3 Å². The Kier molecular flexibility index (Phi) is 5.72. The molecule has 3 fully saturated rings. The number of hydrogen-bond acceptors (Lipinski definition) is 6. The van der Waals surface area contributed by atoms with Gasteiger partial charge in [-0.05, 0) is 56.9 Å². The molecule has 4 heterocycles. The van der Waals surface area contributed by atoms with Crippen molar-refractivity contribution in [3.63, 3.8) is 0 Å². The SMILES string of the molecule is Cc1ccnc(OCCC2CCOC3(C2)CN(CC2CCOCC2)C3)n1. The highest BCUT2D eigenvalue weighted by Crippen LogP contribution is 2.38. The van der Waals surface area contributed by atoms with Crippen molar-refractivity contribution in [2.45, 2.75) is 44.6 Å². The van der Waals surface area contributed by atoms with E-state index in [0.29, 0.717) is 18.5 Å². The average Bonchev–Trinajstić information content (AvgIpc) is 2.62. The molecule has 0 amide bonds. The lowest BCUT2D eigenvalue weighted by Crippen LogP contribution is -2.65. The lowest BCUT2D eigenvalue weighted by Gasteiger charge is -2.54. The van der Waals surface area contributed by atoms with Crippen molar-refractivity contribution in [1.29, 1.82) is 0 Å². The van der Waals surface area contributed by atoms with Crippen LogP contribution >= 0.6 is 0 Å². The molecule has 0 bridgehead atoms. The van der Waals surface area contributed by atoms with E-state index in [1.165, 1.54) is 19.4 Å². The molecule has 6 heteroatoms. The van der Waals surface area contributed by atoms with Gasteiger partial charge in [-0.3, -0.25) is 4.90 Å². The lowest BCUT2D eigenvalue weighted by atomic mass is 9.79. The predicted molar refractivity (Wildman–Crippen MR) is 98.3 cm³/mol. The molecule has 0 aromatic carbocycles. The Bertz CT molecular complexity index is 585. The van der Waals surface area contributed by atoms with Gasteiger partial charge >= 0.3 is 6.01 Å². The smallest absolute Gasteiger partial charge is 0.316 e. The minimum absolute atomic E-state index is 0.105. The zero-order valence-electron chi connectivity index (χ0n) is 15.9. The number of aryl methyl sites for hydroxylation is 1. The largest absolute Gasteiger partial charge is 0.463 e. The van der Waals surface area contributed by atoms with Gasteiger partial charge in [0.05, 0.1) is 12.2 Å². The average molecular weight is 361 g/mol. The van der Waals surface area contributed by atoms with Gasteiger partial charge in [-0.25, -0.2) is 9.97 Å². The Morgan fingerprint density at radius 1 is 1.19 bits per heavy atom. The first-order valence-electron chi connectivity index (χ1n) is 10.1. The molecule has 144 valence electrons. The van der Waals surface area contributed by atoms with Crippen LogP contribution in [0.25, 0.3) is 0 Å². The van der Waals surface area contributed by atoms with E-state index in [9.17, 15) is 0 Å². The van der Waals surface area contributed by atoms with Crippen LogP contribution in [0, 0.1) is 18.8 Å². The van der Waals surface area contributed by atoms with Crippen LogP contribution < -0.4 is 4.74 Å². The van der Waals surface area contributed by atoms with Crippen molar-refractivity contribution in [2.75, 3.05) is 46.1 Å². The van der Waals surface area contributed by atoms with E-state index in [1.54, 1.807) is 6.20 Å². The normalized spacial score (nSPS) is 26.6. The summed E-state index contributed by atoms with van der Waals surface area (Å²) in [5, 5.41) is 0. The van der Waals surface area contributed by atoms with Crippen molar-refractivity contribution >= 4 is 0 Å². The highest BCUT2D eigenvalue weighted by Gasteiger charge is 2.47. The van der Waals surface area contributed by atoms with Crippen molar-refractivity contribution in [1.82, 2.24) is 14.9 Å². The fourth-order valence-corrected chi connectivity index (χ4v) is 4.60. The van der Waals surface area contributed by atoms with Gasteiger partial charge < -0.3 is 14.2 Å². The molecule has 1 spiro atoms. The van der Waals surface area contributed by atoms with Gasteiger partial charge in [0, 0.05) is 51.3 Å². The van der Waals surface area contributed by atoms with E-state index in [0.717, 1.165) is 63.8 Å². The summed E-state index contributed by atoms with van der Waals surface area (Å²) in [6.45, 7) is 8.82.